The summed E-state index contributed by atoms with van der Waals surface area (Å²) in [6.45, 7) is 6.88. The predicted molar refractivity (Wildman–Crippen MR) is 53.6 cm³/mol. The predicted octanol–water partition coefficient (Wildman–Crippen LogP) is 1.98. The molecule has 0 saturated heterocycles. The fraction of sp³-hybridized carbons (Fsp3) is 1.00. The van der Waals surface area contributed by atoms with Crippen LogP contribution >= 0.6 is 0 Å². The first-order valence-corrected chi connectivity index (χ1v) is 4.96. The largest absolute Gasteiger partial charge is 0.395 e. The maximum absolute atomic E-state index is 12.1. The summed E-state index contributed by atoms with van der Waals surface area (Å²) in [6.07, 6.45) is -1.46. The Labute approximate surface area is 84.9 Å². The zero-order chi connectivity index (χ0) is 11.2. The van der Waals surface area contributed by atoms with Gasteiger partial charge in [0.1, 0.15) is 0 Å². The van der Waals surface area contributed by atoms with Gasteiger partial charge in [0.2, 0.25) is 0 Å². The number of hydrogen-bond acceptors (Lipinski definition) is 2. The van der Waals surface area contributed by atoms with Crippen LogP contribution in [-0.4, -0.2) is 42.7 Å². The van der Waals surface area contributed by atoms with Crippen LogP contribution < -0.4 is 0 Å². The molecule has 14 heavy (non-hydrogen) atoms. The van der Waals surface area contributed by atoms with Crippen molar-refractivity contribution in [2.75, 3.05) is 26.2 Å². The zero-order valence-electron chi connectivity index (χ0n) is 9.26. The maximum Gasteiger partial charge on any atom is 0.251 e. The Morgan fingerprint density at radius 3 is 2.14 bits per heavy atom. The van der Waals surface area contributed by atoms with Crippen molar-refractivity contribution in [3.8, 4) is 0 Å². The van der Waals surface area contributed by atoms with E-state index < -0.39 is 6.43 Å². The highest BCUT2D eigenvalue weighted by Gasteiger charge is 2.15. The van der Waals surface area contributed by atoms with Crippen molar-refractivity contribution in [1.82, 2.24) is 4.90 Å². The van der Waals surface area contributed by atoms with Crippen LogP contribution in [0.5, 0.6) is 0 Å². The Morgan fingerprint density at radius 1 is 1.21 bits per heavy atom. The first kappa shape index (κ1) is 13.8. The molecule has 0 saturated carbocycles. The number of nitrogens with zero attached hydrogens (tertiary/aromatic N) is 1. The third-order valence-electron chi connectivity index (χ3n) is 1.99. The second-order valence-corrected chi connectivity index (χ2v) is 4.73. The smallest absolute Gasteiger partial charge is 0.251 e. The summed E-state index contributed by atoms with van der Waals surface area (Å²) in [5.74, 6) is 0. The van der Waals surface area contributed by atoms with Gasteiger partial charge in [-0.3, -0.25) is 4.90 Å². The van der Waals surface area contributed by atoms with E-state index in [1.807, 2.05) is 0 Å². The Balaban J connectivity index is 3.84. The number of alkyl halides is 2. The van der Waals surface area contributed by atoms with Crippen molar-refractivity contribution < 1.29 is 13.9 Å². The Bertz CT molecular complexity index is 146. The molecule has 1 N–H and O–H groups in total. The van der Waals surface area contributed by atoms with Gasteiger partial charge in [-0.2, -0.15) is 0 Å². The molecule has 0 amide bonds. The lowest BCUT2D eigenvalue weighted by Gasteiger charge is -2.25. The standard InChI is InChI=1S/C10H21F2NO/c1-10(2,3)4-5-13(6-7-14)8-9(11)12/h9,14H,4-8H2,1-3H3. The van der Waals surface area contributed by atoms with E-state index >= 15 is 0 Å². The van der Waals surface area contributed by atoms with Crippen molar-refractivity contribution in [3.05, 3.63) is 0 Å². The maximum atomic E-state index is 12.1. The van der Waals surface area contributed by atoms with Crippen LogP contribution in [0, 0.1) is 5.41 Å². The van der Waals surface area contributed by atoms with E-state index in [4.69, 9.17) is 5.11 Å². The van der Waals surface area contributed by atoms with E-state index in [1.165, 1.54) is 0 Å². The lowest BCUT2D eigenvalue weighted by atomic mass is 9.92. The zero-order valence-corrected chi connectivity index (χ0v) is 9.26. The summed E-state index contributed by atoms with van der Waals surface area (Å²) >= 11 is 0. The lowest BCUT2D eigenvalue weighted by Crippen LogP contribution is -2.34. The highest BCUT2D eigenvalue weighted by atomic mass is 19.3. The summed E-state index contributed by atoms with van der Waals surface area (Å²) in [4.78, 5) is 1.61. The average molecular weight is 209 g/mol. The van der Waals surface area contributed by atoms with Crippen LogP contribution in [0.3, 0.4) is 0 Å². The molecule has 0 aliphatic rings. The molecule has 4 heteroatoms. The van der Waals surface area contributed by atoms with Crippen LogP contribution in [0.25, 0.3) is 0 Å². The van der Waals surface area contributed by atoms with E-state index in [-0.39, 0.29) is 18.6 Å². The molecule has 0 aromatic rings. The Morgan fingerprint density at radius 2 is 1.79 bits per heavy atom. The second kappa shape index (κ2) is 6.30. The number of aliphatic hydroxyl groups excluding tert-OH is 1. The summed E-state index contributed by atoms with van der Waals surface area (Å²) in [6, 6.07) is 0. The first-order valence-electron chi connectivity index (χ1n) is 4.96. The number of aliphatic hydroxyl groups is 1. The fourth-order valence-corrected chi connectivity index (χ4v) is 1.12. The van der Waals surface area contributed by atoms with Crippen LogP contribution in [0.4, 0.5) is 8.78 Å². The number of rotatable bonds is 6. The van der Waals surface area contributed by atoms with Gasteiger partial charge in [0.25, 0.3) is 6.43 Å². The topological polar surface area (TPSA) is 23.5 Å². The summed E-state index contributed by atoms with van der Waals surface area (Å²) in [5.41, 5.74) is 0.149. The quantitative estimate of drug-likeness (QED) is 0.723. The third-order valence-corrected chi connectivity index (χ3v) is 1.99. The molecule has 0 radical (unpaired) electrons. The van der Waals surface area contributed by atoms with E-state index in [0.717, 1.165) is 6.42 Å². The van der Waals surface area contributed by atoms with Crippen molar-refractivity contribution in [1.29, 1.82) is 0 Å². The molecular weight excluding hydrogens is 188 g/mol. The molecule has 0 aromatic carbocycles. The highest BCUT2D eigenvalue weighted by molar-refractivity contribution is 4.66. The van der Waals surface area contributed by atoms with Crippen LogP contribution in [0.15, 0.2) is 0 Å². The molecular formula is C10H21F2NO. The molecule has 0 rings (SSSR count). The molecule has 0 aromatic heterocycles. The van der Waals surface area contributed by atoms with Crippen LogP contribution in [0.2, 0.25) is 0 Å². The normalized spacial score (nSPS) is 12.9. The highest BCUT2D eigenvalue weighted by Crippen LogP contribution is 2.18. The number of halogens is 2. The van der Waals surface area contributed by atoms with Gasteiger partial charge < -0.3 is 5.11 Å². The van der Waals surface area contributed by atoms with E-state index in [1.54, 1.807) is 4.90 Å². The fourth-order valence-electron chi connectivity index (χ4n) is 1.12. The van der Waals surface area contributed by atoms with Crippen molar-refractivity contribution in [2.45, 2.75) is 33.6 Å². The molecule has 0 unspecified atom stereocenters. The average Bonchev–Trinajstić information content (AvgIpc) is 1.98. The summed E-state index contributed by atoms with van der Waals surface area (Å²) in [7, 11) is 0. The molecule has 86 valence electrons. The molecule has 2 nitrogen and oxygen atoms in total. The lowest BCUT2D eigenvalue weighted by molar-refractivity contribution is 0.0725. The minimum atomic E-state index is -2.32. The number of hydrogen-bond donors (Lipinski definition) is 1. The molecule has 0 aliphatic carbocycles. The Hall–Kier alpha value is -0.220. The van der Waals surface area contributed by atoms with Crippen LogP contribution in [0.1, 0.15) is 27.2 Å². The van der Waals surface area contributed by atoms with Crippen molar-refractivity contribution in [2.24, 2.45) is 5.41 Å². The van der Waals surface area contributed by atoms with Gasteiger partial charge in [-0.1, -0.05) is 20.8 Å². The van der Waals surface area contributed by atoms with Gasteiger partial charge in [-0.05, 0) is 18.4 Å². The minimum absolute atomic E-state index is 0.0587. The molecule has 0 fully saturated rings. The third kappa shape index (κ3) is 8.38. The van der Waals surface area contributed by atoms with Gasteiger partial charge >= 0.3 is 0 Å². The Kier molecular flexibility index (Phi) is 6.20. The van der Waals surface area contributed by atoms with Crippen molar-refractivity contribution >= 4 is 0 Å². The van der Waals surface area contributed by atoms with Gasteiger partial charge in [0.15, 0.2) is 0 Å². The van der Waals surface area contributed by atoms with Gasteiger partial charge in [-0.15, -0.1) is 0 Å². The van der Waals surface area contributed by atoms with Gasteiger partial charge in [0.05, 0.1) is 13.2 Å². The van der Waals surface area contributed by atoms with Crippen LogP contribution in [-0.2, 0) is 0 Å². The molecule has 0 spiro atoms. The molecule has 0 aliphatic heterocycles. The molecule has 0 heterocycles. The van der Waals surface area contributed by atoms with E-state index in [2.05, 4.69) is 20.8 Å². The monoisotopic (exact) mass is 209 g/mol. The second-order valence-electron chi connectivity index (χ2n) is 4.73. The SMILES string of the molecule is CC(C)(C)CCN(CCO)CC(F)F. The molecule has 0 bridgehead atoms. The summed E-state index contributed by atoms with van der Waals surface area (Å²) in [5, 5.41) is 8.69. The van der Waals surface area contributed by atoms with Crippen molar-refractivity contribution in [3.63, 3.8) is 0 Å². The first-order chi connectivity index (χ1) is 6.35. The van der Waals surface area contributed by atoms with Gasteiger partial charge in [0, 0.05) is 6.54 Å². The van der Waals surface area contributed by atoms with Gasteiger partial charge in [-0.25, -0.2) is 8.78 Å². The molecule has 0 atom stereocenters. The van der Waals surface area contributed by atoms with E-state index in [9.17, 15) is 8.78 Å². The summed E-state index contributed by atoms with van der Waals surface area (Å²) < 4.78 is 24.2. The van der Waals surface area contributed by atoms with E-state index in [0.29, 0.717) is 13.1 Å². The minimum Gasteiger partial charge on any atom is -0.395 e.